The van der Waals surface area contributed by atoms with Gasteiger partial charge in [0, 0.05) is 31.2 Å². The molecule has 0 atom stereocenters. The topological polar surface area (TPSA) is 51.1 Å². The van der Waals surface area contributed by atoms with Gasteiger partial charge < -0.3 is 4.74 Å². The number of nitrogens with zero attached hydrogens (tertiary/aromatic N) is 4. The summed E-state index contributed by atoms with van der Waals surface area (Å²) in [6, 6.07) is 0.629. The molecule has 3 rings (SSSR count). The van der Waals surface area contributed by atoms with Gasteiger partial charge in [0.2, 0.25) is 0 Å². The van der Waals surface area contributed by atoms with Crippen LogP contribution in [0.15, 0.2) is 17.6 Å². The summed E-state index contributed by atoms with van der Waals surface area (Å²) in [7, 11) is 0. The number of aryl methyl sites for hydroxylation is 1. The van der Waals surface area contributed by atoms with Crippen LogP contribution in [0.5, 0.6) is 6.01 Å². The first-order valence-corrected chi connectivity index (χ1v) is 8.48. The third-order valence-corrected chi connectivity index (χ3v) is 4.61. The van der Waals surface area contributed by atoms with Crippen LogP contribution >= 0.6 is 11.3 Å². The summed E-state index contributed by atoms with van der Waals surface area (Å²) in [5, 5.41) is 3.10. The van der Waals surface area contributed by atoms with Gasteiger partial charge in [-0.25, -0.2) is 9.97 Å². The first-order chi connectivity index (χ1) is 11.4. The monoisotopic (exact) mass is 358 g/mol. The van der Waals surface area contributed by atoms with Gasteiger partial charge in [-0.1, -0.05) is 0 Å². The molecule has 0 amide bonds. The van der Waals surface area contributed by atoms with E-state index in [4.69, 9.17) is 4.74 Å². The highest BCUT2D eigenvalue weighted by Crippen LogP contribution is 2.28. The molecule has 0 bridgehead atoms. The van der Waals surface area contributed by atoms with Gasteiger partial charge in [0.25, 0.3) is 0 Å². The van der Waals surface area contributed by atoms with Crippen molar-refractivity contribution >= 4 is 11.3 Å². The van der Waals surface area contributed by atoms with Crippen molar-refractivity contribution in [3.63, 3.8) is 0 Å². The number of halogens is 3. The second-order valence-corrected chi connectivity index (χ2v) is 6.74. The van der Waals surface area contributed by atoms with Crippen molar-refractivity contribution < 1.29 is 17.9 Å². The van der Waals surface area contributed by atoms with Crippen LogP contribution in [0.25, 0.3) is 0 Å². The second-order valence-electron chi connectivity index (χ2n) is 5.67. The van der Waals surface area contributed by atoms with Gasteiger partial charge in [0.15, 0.2) is 5.69 Å². The molecule has 0 spiro atoms. The van der Waals surface area contributed by atoms with E-state index in [1.807, 2.05) is 12.3 Å². The van der Waals surface area contributed by atoms with Gasteiger partial charge in [0.05, 0.1) is 10.7 Å². The Morgan fingerprint density at radius 1 is 1.29 bits per heavy atom. The molecule has 0 saturated carbocycles. The number of piperidine rings is 1. The lowest BCUT2D eigenvalue weighted by molar-refractivity contribution is -0.141. The van der Waals surface area contributed by atoms with Gasteiger partial charge in [0.1, 0.15) is 6.10 Å². The summed E-state index contributed by atoms with van der Waals surface area (Å²) in [4.78, 5) is 13.9. The zero-order chi connectivity index (χ0) is 17.2. The van der Waals surface area contributed by atoms with Crippen LogP contribution in [0.3, 0.4) is 0 Å². The molecule has 0 aromatic carbocycles. The molecule has 0 aliphatic carbocycles. The number of aromatic nitrogens is 3. The SMILES string of the molecule is Cc1nc(CN2CCC(Oc3nccc(C(F)(F)F)n3)CC2)cs1. The van der Waals surface area contributed by atoms with Crippen molar-refractivity contribution in [1.82, 2.24) is 19.9 Å². The number of thiazole rings is 1. The van der Waals surface area contributed by atoms with Gasteiger partial charge in [-0.3, -0.25) is 4.90 Å². The summed E-state index contributed by atoms with van der Waals surface area (Å²) in [5.74, 6) is 0. The molecule has 1 aliphatic heterocycles. The lowest BCUT2D eigenvalue weighted by Crippen LogP contribution is -2.38. The van der Waals surface area contributed by atoms with Crippen molar-refractivity contribution in [1.29, 1.82) is 0 Å². The quantitative estimate of drug-likeness (QED) is 0.839. The maximum atomic E-state index is 12.6. The summed E-state index contributed by atoms with van der Waals surface area (Å²) in [5.41, 5.74) is 0.0712. The van der Waals surface area contributed by atoms with Crippen molar-refractivity contribution in [2.24, 2.45) is 0 Å². The van der Waals surface area contributed by atoms with Crippen molar-refractivity contribution in [2.45, 2.75) is 38.6 Å². The Morgan fingerprint density at radius 2 is 2.04 bits per heavy atom. The Hall–Kier alpha value is -1.74. The largest absolute Gasteiger partial charge is 0.460 e. The lowest BCUT2D eigenvalue weighted by Gasteiger charge is -2.31. The zero-order valence-corrected chi connectivity index (χ0v) is 13.9. The Bertz CT molecular complexity index is 683. The molecule has 0 radical (unpaired) electrons. The molecule has 1 fully saturated rings. The average molecular weight is 358 g/mol. The third kappa shape index (κ3) is 4.41. The van der Waals surface area contributed by atoms with Crippen LogP contribution in [0.2, 0.25) is 0 Å². The van der Waals surface area contributed by atoms with Crippen LogP contribution in [-0.4, -0.2) is 39.0 Å². The molecule has 9 heteroatoms. The van der Waals surface area contributed by atoms with E-state index < -0.39 is 11.9 Å². The highest BCUT2D eigenvalue weighted by atomic mass is 32.1. The summed E-state index contributed by atoms with van der Waals surface area (Å²) in [6.45, 7) is 4.38. The molecule has 5 nitrogen and oxygen atoms in total. The molecule has 1 saturated heterocycles. The van der Waals surface area contributed by atoms with E-state index in [0.29, 0.717) is 0 Å². The highest BCUT2D eigenvalue weighted by molar-refractivity contribution is 7.09. The standard InChI is InChI=1S/C15H17F3N4OS/c1-10-20-11(9-24-10)8-22-6-3-12(4-7-22)23-14-19-5-2-13(21-14)15(16,17)18/h2,5,9,12H,3-4,6-8H2,1H3. The van der Waals surface area contributed by atoms with E-state index >= 15 is 0 Å². The molecule has 24 heavy (non-hydrogen) atoms. The fourth-order valence-electron chi connectivity index (χ4n) is 2.60. The van der Waals surface area contributed by atoms with E-state index in [9.17, 15) is 13.2 Å². The first kappa shape index (κ1) is 17.1. The molecule has 3 heterocycles. The number of ether oxygens (including phenoxy) is 1. The second kappa shape index (κ2) is 7.02. The molecule has 2 aromatic rings. The molecular weight excluding hydrogens is 341 g/mol. The fourth-order valence-corrected chi connectivity index (χ4v) is 3.20. The van der Waals surface area contributed by atoms with Crippen molar-refractivity contribution in [3.8, 4) is 6.01 Å². The average Bonchev–Trinajstić information content (AvgIpc) is 2.94. The van der Waals surface area contributed by atoms with Crippen LogP contribution in [0.4, 0.5) is 13.2 Å². The summed E-state index contributed by atoms with van der Waals surface area (Å²) in [6.07, 6.45) is -2.13. The Balaban J connectivity index is 1.52. The normalized spacial score (nSPS) is 17.2. The van der Waals surface area contributed by atoms with Crippen molar-refractivity contribution in [2.75, 3.05) is 13.1 Å². The van der Waals surface area contributed by atoms with E-state index in [1.54, 1.807) is 11.3 Å². The lowest BCUT2D eigenvalue weighted by atomic mass is 10.1. The molecule has 2 aromatic heterocycles. The molecule has 0 N–H and O–H groups in total. The van der Waals surface area contributed by atoms with Crippen LogP contribution in [-0.2, 0) is 12.7 Å². The summed E-state index contributed by atoms with van der Waals surface area (Å²) >= 11 is 1.63. The molecule has 1 aliphatic rings. The van der Waals surface area contributed by atoms with E-state index in [0.717, 1.165) is 55.4 Å². The van der Waals surface area contributed by atoms with Gasteiger partial charge in [-0.15, -0.1) is 11.3 Å². The first-order valence-electron chi connectivity index (χ1n) is 7.60. The predicted octanol–water partition coefficient (Wildman–Crippen LogP) is 3.30. The van der Waals surface area contributed by atoms with E-state index in [-0.39, 0.29) is 12.1 Å². The van der Waals surface area contributed by atoms with E-state index in [2.05, 4.69) is 19.9 Å². The van der Waals surface area contributed by atoms with Crippen LogP contribution in [0, 0.1) is 6.92 Å². The summed E-state index contributed by atoms with van der Waals surface area (Å²) < 4.78 is 43.5. The Kier molecular flexibility index (Phi) is 5.00. The maximum Gasteiger partial charge on any atom is 0.433 e. The Morgan fingerprint density at radius 3 is 2.67 bits per heavy atom. The number of rotatable bonds is 4. The molecule has 0 unspecified atom stereocenters. The van der Waals surface area contributed by atoms with Gasteiger partial charge >= 0.3 is 12.2 Å². The van der Waals surface area contributed by atoms with Crippen molar-refractivity contribution in [3.05, 3.63) is 34.0 Å². The number of hydrogen-bond acceptors (Lipinski definition) is 6. The molecule has 130 valence electrons. The smallest absolute Gasteiger partial charge is 0.433 e. The minimum atomic E-state index is -4.49. The van der Waals surface area contributed by atoms with Gasteiger partial charge in [-0.2, -0.15) is 18.2 Å². The number of alkyl halides is 3. The number of likely N-dealkylation sites (tertiary alicyclic amines) is 1. The Labute approximate surface area is 141 Å². The fraction of sp³-hybridized carbons (Fsp3) is 0.533. The number of hydrogen-bond donors (Lipinski definition) is 0. The minimum absolute atomic E-state index is 0.165. The predicted molar refractivity (Wildman–Crippen MR) is 82.8 cm³/mol. The molecular formula is C15H17F3N4OS. The highest BCUT2D eigenvalue weighted by Gasteiger charge is 2.33. The van der Waals surface area contributed by atoms with Crippen LogP contribution < -0.4 is 4.74 Å². The minimum Gasteiger partial charge on any atom is -0.460 e. The van der Waals surface area contributed by atoms with Gasteiger partial charge in [-0.05, 0) is 25.8 Å². The maximum absolute atomic E-state index is 12.6. The van der Waals surface area contributed by atoms with E-state index in [1.165, 1.54) is 0 Å². The zero-order valence-electron chi connectivity index (χ0n) is 13.1. The van der Waals surface area contributed by atoms with Crippen LogP contribution in [0.1, 0.15) is 29.2 Å². The third-order valence-electron chi connectivity index (χ3n) is 3.78.